The van der Waals surface area contributed by atoms with E-state index in [1.807, 2.05) is 0 Å². The van der Waals surface area contributed by atoms with Crippen LogP contribution in [0.25, 0.3) is 0 Å². The molecule has 0 aromatic carbocycles. The van der Waals surface area contributed by atoms with Crippen molar-refractivity contribution in [2.24, 2.45) is 5.73 Å². The summed E-state index contributed by atoms with van der Waals surface area (Å²) in [7, 11) is 0. The summed E-state index contributed by atoms with van der Waals surface area (Å²) in [6.45, 7) is 2.75. The zero-order chi connectivity index (χ0) is 10.3. The van der Waals surface area contributed by atoms with Gasteiger partial charge in [-0.05, 0) is 19.3 Å². The number of halogens is 1. The van der Waals surface area contributed by atoms with Crippen LogP contribution in [0.2, 0.25) is 0 Å². The highest BCUT2D eigenvalue weighted by Gasteiger charge is 2.29. The first kappa shape index (κ1) is 11.8. The zero-order valence-electron chi connectivity index (χ0n) is 9.13. The normalized spacial score (nSPS) is 25.7. The summed E-state index contributed by atoms with van der Waals surface area (Å²) < 4.78 is 5.22. The van der Waals surface area contributed by atoms with Crippen LogP contribution in [0.15, 0.2) is 4.52 Å². The van der Waals surface area contributed by atoms with Crippen molar-refractivity contribution >= 4 is 12.4 Å². The quantitative estimate of drug-likeness (QED) is 0.856. The lowest BCUT2D eigenvalue weighted by atomic mass is 10.3. The Bertz CT molecular complexity index is 352. The first-order chi connectivity index (χ1) is 7.31. The molecule has 6 heteroatoms. The monoisotopic (exact) mass is 244 g/mol. The van der Waals surface area contributed by atoms with Gasteiger partial charge in [-0.15, -0.1) is 12.4 Å². The molecule has 1 aromatic rings. The van der Waals surface area contributed by atoms with Crippen molar-refractivity contribution in [3.8, 4) is 0 Å². The first-order valence-electron chi connectivity index (χ1n) is 5.61. The molecular weight excluding hydrogens is 228 g/mol. The smallest absolute Gasteiger partial charge is 0.240 e. The molecule has 90 valence electrons. The standard InChI is InChI=1S/C10H16N4O.ClH/c11-8-3-4-14(5-8)6-9-12-10(13-15-9)7-1-2-7;/h7-8H,1-6,11H2;1H/t8-;/m1./s1. The summed E-state index contributed by atoms with van der Waals surface area (Å²) in [5, 5.41) is 4.00. The number of rotatable bonds is 3. The minimum Gasteiger partial charge on any atom is -0.338 e. The van der Waals surface area contributed by atoms with E-state index < -0.39 is 0 Å². The fourth-order valence-corrected chi connectivity index (χ4v) is 2.04. The van der Waals surface area contributed by atoms with E-state index in [1.165, 1.54) is 12.8 Å². The third-order valence-corrected chi connectivity index (χ3v) is 3.09. The van der Waals surface area contributed by atoms with Crippen molar-refractivity contribution in [3.05, 3.63) is 11.7 Å². The third-order valence-electron chi connectivity index (χ3n) is 3.09. The summed E-state index contributed by atoms with van der Waals surface area (Å²) in [6.07, 6.45) is 3.50. The number of hydrogen-bond acceptors (Lipinski definition) is 5. The van der Waals surface area contributed by atoms with Crippen LogP contribution in [-0.2, 0) is 6.54 Å². The molecule has 0 radical (unpaired) electrons. The van der Waals surface area contributed by atoms with Crippen LogP contribution >= 0.6 is 12.4 Å². The Morgan fingerprint density at radius 2 is 2.19 bits per heavy atom. The maximum atomic E-state index is 5.83. The van der Waals surface area contributed by atoms with E-state index in [-0.39, 0.29) is 12.4 Å². The van der Waals surface area contributed by atoms with E-state index in [0.29, 0.717) is 12.0 Å². The molecule has 1 saturated carbocycles. The van der Waals surface area contributed by atoms with Gasteiger partial charge in [0.1, 0.15) is 0 Å². The zero-order valence-corrected chi connectivity index (χ0v) is 9.95. The van der Waals surface area contributed by atoms with Gasteiger partial charge in [0, 0.05) is 25.0 Å². The van der Waals surface area contributed by atoms with Crippen LogP contribution in [0.4, 0.5) is 0 Å². The van der Waals surface area contributed by atoms with E-state index in [9.17, 15) is 0 Å². The van der Waals surface area contributed by atoms with Gasteiger partial charge in [0.05, 0.1) is 6.54 Å². The van der Waals surface area contributed by atoms with Crippen LogP contribution in [0, 0.1) is 0 Å². The van der Waals surface area contributed by atoms with Gasteiger partial charge in [-0.25, -0.2) is 0 Å². The molecule has 2 aliphatic rings. The lowest BCUT2D eigenvalue weighted by Crippen LogP contribution is -2.26. The molecule has 1 aliphatic heterocycles. The number of hydrogen-bond donors (Lipinski definition) is 1. The second-order valence-electron chi connectivity index (χ2n) is 4.60. The van der Waals surface area contributed by atoms with Crippen molar-refractivity contribution in [3.63, 3.8) is 0 Å². The Hall–Kier alpha value is -0.650. The topological polar surface area (TPSA) is 68.2 Å². The second-order valence-corrected chi connectivity index (χ2v) is 4.60. The minimum atomic E-state index is 0. The average Bonchev–Trinajstić information content (AvgIpc) is 2.84. The summed E-state index contributed by atoms with van der Waals surface area (Å²) >= 11 is 0. The van der Waals surface area contributed by atoms with Crippen LogP contribution in [0.1, 0.15) is 36.9 Å². The van der Waals surface area contributed by atoms with Crippen molar-refractivity contribution < 1.29 is 4.52 Å². The maximum Gasteiger partial charge on any atom is 0.240 e. The number of aromatic nitrogens is 2. The molecule has 0 bridgehead atoms. The lowest BCUT2D eigenvalue weighted by molar-refractivity contribution is 0.265. The summed E-state index contributed by atoms with van der Waals surface area (Å²) in [5.41, 5.74) is 5.83. The predicted octanol–water partition coefficient (Wildman–Crippen LogP) is 0.902. The van der Waals surface area contributed by atoms with Crippen LogP contribution in [0.5, 0.6) is 0 Å². The molecule has 1 aromatic heterocycles. The van der Waals surface area contributed by atoms with E-state index in [2.05, 4.69) is 15.0 Å². The predicted molar refractivity (Wildman–Crippen MR) is 61.4 cm³/mol. The van der Waals surface area contributed by atoms with Gasteiger partial charge in [0.15, 0.2) is 5.82 Å². The molecule has 16 heavy (non-hydrogen) atoms. The van der Waals surface area contributed by atoms with Crippen LogP contribution < -0.4 is 5.73 Å². The van der Waals surface area contributed by atoms with E-state index in [4.69, 9.17) is 10.3 Å². The highest BCUT2D eigenvalue weighted by molar-refractivity contribution is 5.85. The van der Waals surface area contributed by atoms with E-state index in [0.717, 1.165) is 37.8 Å². The molecule has 0 amide bonds. The molecule has 5 nitrogen and oxygen atoms in total. The molecule has 0 spiro atoms. The van der Waals surface area contributed by atoms with Gasteiger partial charge in [-0.2, -0.15) is 4.98 Å². The Labute approximate surface area is 101 Å². The first-order valence-corrected chi connectivity index (χ1v) is 5.61. The molecule has 3 rings (SSSR count). The van der Waals surface area contributed by atoms with Gasteiger partial charge < -0.3 is 10.3 Å². The van der Waals surface area contributed by atoms with Gasteiger partial charge >= 0.3 is 0 Å². The lowest BCUT2D eigenvalue weighted by Gasteiger charge is -2.10. The fraction of sp³-hybridized carbons (Fsp3) is 0.800. The van der Waals surface area contributed by atoms with E-state index >= 15 is 0 Å². The van der Waals surface area contributed by atoms with Crippen molar-refractivity contribution in [2.75, 3.05) is 13.1 Å². The van der Waals surface area contributed by atoms with Crippen molar-refractivity contribution in [2.45, 2.75) is 37.8 Å². The SMILES string of the molecule is Cl.N[C@@H]1CCN(Cc2nc(C3CC3)no2)C1. The summed E-state index contributed by atoms with van der Waals surface area (Å²) in [6, 6.07) is 0.316. The molecule has 1 saturated heterocycles. The fourth-order valence-electron chi connectivity index (χ4n) is 2.04. The van der Waals surface area contributed by atoms with Crippen LogP contribution in [0.3, 0.4) is 0 Å². The second kappa shape index (κ2) is 4.69. The molecule has 1 aliphatic carbocycles. The van der Waals surface area contributed by atoms with Gasteiger partial charge in [-0.1, -0.05) is 5.16 Å². The van der Waals surface area contributed by atoms with Crippen LogP contribution in [-0.4, -0.2) is 34.2 Å². The average molecular weight is 245 g/mol. The molecule has 1 atom stereocenters. The molecule has 0 unspecified atom stereocenters. The highest BCUT2D eigenvalue weighted by Crippen LogP contribution is 2.38. The highest BCUT2D eigenvalue weighted by atomic mass is 35.5. The Balaban J connectivity index is 0.000000963. The van der Waals surface area contributed by atoms with Gasteiger partial charge in [0.25, 0.3) is 0 Å². The van der Waals surface area contributed by atoms with E-state index in [1.54, 1.807) is 0 Å². The van der Waals surface area contributed by atoms with Crippen molar-refractivity contribution in [1.82, 2.24) is 15.0 Å². The summed E-state index contributed by atoms with van der Waals surface area (Å²) in [4.78, 5) is 6.67. The van der Waals surface area contributed by atoms with Gasteiger partial charge in [0.2, 0.25) is 5.89 Å². The Morgan fingerprint density at radius 1 is 1.38 bits per heavy atom. The largest absolute Gasteiger partial charge is 0.338 e. The Morgan fingerprint density at radius 3 is 2.81 bits per heavy atom. The Kier molecular flexibility index (Phi) is 3.47. The molecule has 2 fully saturated rings. The van der Waals surface area contributed by atoms with Gasteiger partial charge in [-0.3, -0.25) is 4.90 Å². The molecule has 2 heterocycles. The number of nitrogens with two attached hydrogens (primary N) is 1. The third kappa shape index (κ3) is 2.53. The molecular formula is C10H17ClN4O. The van der Waals surface area contributed by atoms with Crippen molar-refractivity contribution in [1.29, 1.82) is 0 Å². The summed E-state index contributed by atoms with van der Waals surface area (Å²) in [5.74, 6) is 2.21. The molecule has 2 N–H and O–H groups in total. The minimum absolute atomic E-state index is 0. The maximum absolute atomic E-state index is 5.83. The number of likely N-dealkylation sites (tertiary alicyclic amines) is 1. The number of nitrogens with zero attached hydrogens (tertiary/aromatic N) is 3.